The summed E-state index contributed by atoms with van der Waals surface area (Å²) in [6.07, 6.45) is 14.3. The largest absolute Gasteiger partial charge is 0.299 e. The van der Waals surface area contributed by atoms with E-state index in [1.807, 2.05) is 0 Å². The highest BCUT2D eigenvalue weighted by atomic mass is 16.1. The van der Waals surface area contributed by atoms with Crippen molar-refractivity contribution in [3.63, 3.8) is 0 Å². The van der Waals surface area contributed by atoms with Crippen LogP contribution >= 0.6 is 0 Å². The molecule has 0 aromatic carbocycles. The lowest BCUT2D eigenvalue weighted by Gasteiger charge is -2.68. The average Bonchev–Trinajstić information content (AvgIpc) is 3.05. The lowest BCUT2D eigenvalue weighted by atomic mass is 9.36. The molecule has 1 nitrogen and oxygen atoms in total. The van der Waals surface area contributed by atoms with Crippen molar-refractivity contribution in [3.05, 3.63) is 12.2 Å². The number of carbonyl (C=O) groups excluding carboxylic acids is 1. The molecular formula is C32H54O. The van der Waals surface area contributed by atoms with Crippen molar-refractivity contribution in [2.45, 2.75) is 126 Å². The normalized spacial score (nSPS) is 46.1. The molecule has 0 radical (unpaired) electrons. The van der Waals surface area contributed by atoms with Gasteiger partial charge in [0.25, 0.3) is 0 Å². The van der Waals surface area contributed by atoms with E-state index in [0.29, 0.717) is 33.9 Å². The minimum absolute atomic E-state index is 0.107. The van der Waals surface area contributed by atoms with Gasteiger partial charge in [0, 0.05) is 11.8 Å². The monoisotopic (exact) mass is 454 g/mol. The van der Waals surface area contributed by atoms with E-state index in [0.717, 1.165) is 30.1 Å². The van der Waals surface area contributed by atoms with Crippen LogP contribution < -0.4 is 0 Å². The average molecular weight is 455 g/mol. The Bertz CT molecular complexity index is 777. The first-order valence-corrected chi connectivity index (χ1v) is 14.5. The lowest BCUT2D eigenvalue weighted by molar-refractivity contribution is -0.197. The van der Waals surface area contributed by atoms with Crippen LogP contribution in [0.1, 0.15) is 126 Å². The van der Waals surface area contributed by atoms with Crippen LogP contribution in [0.15, 0.2) is 12.2 Å². The molecule has 33 heavy (non-hydrogen) atoms. The van der Waals surface area contributed by atoms with Crippen molar-refractivity contribution in [1.29, 1.82) is 0 Å². The molecule has 0 amide bonds. The van der Waals surface area contributed by atoms with Crippen molar-refractivity contribution in [2.75, 3.05) is 0 Å². The Kier molecular flexibility index (Phi) is 6.58. The first-order valence-electron chi connectivity index (χ1n) is 14.5. The summed E-state index contributed by atoms with van der Waals surface area (Å²) >= 11 is 0. The Balaban J connectivity index is 1.61. The molecule has 0 aromatic rings. The SMILES string of the molecule is C=C(C)C(C)CCC(C)[C@H]1CCC2(C)[C@@H]3CCC4C(CCC(=O)C4(C)C)[C@]3(CC)CC[C@]12C. The van der Waals surface area contributed by atoms with Crippen LogP contribution in [0.4, 0.5) is 0 Å². The van der Waals surface area contributed by atoms with E-state index in [1.165, 1.54) is 69.8 Å². The summed E-state index contributed by atoms with van der Waals surface area (Å²) in [5, 5.41) is 0. The Labute approximate surface area is 206 Å². The van der Waals surface area contributed by atoms with Crippen LogP contribution in [0, 0.1) is 57.2 Å². The van der Waals surface area contributed by atoms with E-state index in [9.17, 15) is 4.79 Å². The molecule has 4 aliphatic rings. The molecule has 1 heteroatoms. The van der Waals surface area contributed by atoms with Crippen molar-refractivity contribution >= 4 is 5.78 Å². The predicted octanol–water partition coefficient (Wildman–Crippen LogP) is 9.26. The molecule has 0 aliphatic heterocycles. The molecule has 188 valence electrons. The van der Waals surface area contributed by atoms with Gasteiger partial charge < -0.3 is 0 Å². The molecular weight excluding hydrogens is 400 g/mol. The van der Waals surface area contributed by atoms with E-state index in [2.05, 4.69) is 62.0 Å². The maximum Gasteiger partial charge on any atom is 0.138 e. The molecule has 0 bridgehead atoms. The second-order valence-corrected chi connectivity index (χ2v) is 14.4. The molecule has 4 fully saturated rings. The van der Waals surface area contributed by atoms with Gasteiger partial charge in [0.05, 0.1) is 0 Å². The molecule has 5 unspecified atom stereocenters. The van der Waals surface area contributed by atoms with Crippen LogP contribution in [0.5, 0.6) is 0 Å². The molecule has 0 aromatic heterocycles. The fourth-order valence-electron chi connectivity index (χ4n) is 10.6. The van der Waals surface area contributed by atoms with Gasteiger partial charge in [-0.15, -0.1) is 0 Å². The fourth-order valence-corrected chi connectivity index (χ4v) is 10.6. The zero-order valence-corrected chi connectivity index (χ0v) is 23.4. The minimum atomic E-state index is -0.107. The van der Waals surface area contributed by atoms with Crippen LogP contribution in [-0.4, -0.2) is 5.78 Å². The highest BCUT2D eigenvalue weighted by molar-refractivity contribution is 5.85. The predicted molar refractivity (Wildman–Crippen MR) is 141 cm³/mol. The summed E-state index contributed by atoms with van der Waals surface area (Å²) in [5.74, 6) is 5.11. The highest BCUT2D eigenvalue weighted by Gasteiger charge is 2.69. The summed E-state index contributed by atoms with van der Waals surface area (Å²) in [4.78, 5) is 12.9. The number of ketones is 1. The number of Topliss-reactive ketones (excluding diaryl/α,β-unsaturated/α-hetero) is 1. The van der Waals surface area contributed by atoms with Crippen LogP contribution in [0.2, 0.25) is 0 Å². The van der Waals surface area contributed by atoms with E-state index in [-0.39, 0.29) is 5.41 Å². The fraction of sp³-hybridized carbons (Fsp3) is 0.906. The van der Waals surface area contributed by atoms with Gasteiger partial charge in [0.15, 0.2) is 0 Å². The third-order valence-corrected chi connectivity index (χ3v) is 13.2. The van der Waals surface area contributed by atoms with Gasteiger partial charge in [-0.1, -0.05) is 60.6 Å². The first-order chi connectivity index (χ1) is 15.3. The first kappa shape index (κ1) is 25.5. The highest BCUT2D eigenvalue weighted by Crippen LogP contribution is 2.76. The number of hydrogen-bond donors (Lipinski definition) is 0. The maximum atomic E-state index is 12.9. The van der Waals surface area contributed by atoms with Gasteiger partial charge in [-0.25, -0.2) is 0 Å². The lowest BCUT2D eigenvalue weighted by Crippen LogP contribution is -2.62. The number of hydrogen-bond acceptors (Lipinski definition) is 1. The molecule has 4 saturated carbocycles. The standard InChI is InChI=1S/C32H54O/c1-10-32-20-19-30(8)24(23(5)12-11-22(4)21(2)3)17-18-31(30,9)27(32)15-13-25-26(32)14-16-28(33)29(25,6)7/h22-27H,2,10-20H2,1,3-9H3/t22?,23?,24-,25?,26?,27+,30-,31?,32+/m1/s1. The second kappa shape index (κ2) is 8.51. The third kappa shape index (κ3) is 3.56. The van der Waals surface area contributed by atoms with Crippen LogP contribution in [0.25, 0.3) is 0 Å². The third-order valence-electron chi connectivity index (χ3n) is 13.2. The van der Waals surface area contributed by atoms with E-state index < -0.39 is 0 Å². The van der Waals surface area contributed by atoms with Crippen molar-refractivity contribution < 1.29 is 4.79 Å². The second-order valence-electron chi connectivity index (χ2n) is 14.4. The Morgan fingerprint density at radius 2 is 1.64 bits per heavy atom. The van der Waals surface area contributed by atoms with Crippen LogP contribution in [0.3, 0.4) is 0 Å². The van der Waals surface area contributed by atoms with Crippen molar-refractivity contribution in [2.24, 2.45) is 57.2 Å². The molecule has 0 N–H and O–H groups in total. The van der Waals surface area contributed by atoms with Gasteiger partial charge in [-0.2, -0.15) is 0 Å². The minimum Gasteiger partial charge on any atom is -0.299 e. The van der Waals surface area contributed by atoms with Gasteiger partial charge in [0.1, 0.15) is 5.78 Å². The molecule has 0 saturated heterocycles. The molecule has 0 spiro atoms. The molecule has 4 rings (SSSR count). The maximum absolute atomic E-state index is 12.9. The van der Waals surface area contributed by atoms with Crippen LogP contribution in [-0.2, 0) is 4.79 Å². The van der Waals surface area contributed by atoms with E-state index in [1.54, 1.807) is 0 Å². The quantitative estimate of drug-likeness (QED) is 0.365. The van der Waals surface area contributed by atoms with Gasteiger partial charge in [0.2, 0.25) is 0 Å². The smallest absolute Gasteiger partial charge is 0.138 e. The summed E-state index contributed by atoms with van der Waals surface area (Å²) in [5.41, 5.74) is 2.67. The zero-order chi connectivity index (χ0) is 24.4. The van der Waals surface area contributed by atoms with Crippen molar-refractivity contribution in [1.82, 2.24) is 0 Å². The summed E-state index contributed by atoms with van der Waals surface area (Å²) in [6, 6.07) is 0. The van der Waals surface area contributed by atoms with E-state index >= 15 is 0 Å². The van der Waals surface area contributed by atoms with Gasteiger partial charge in [-0.3, -0.25) is 4.79 Å². The van der Waals surface area contributed by atoms with Gasteiger partial charge in [-0.05, 0) is 123 Å². The number of allylic oxidation sites excluding steroid dienone is 1. The summed E-state index contributed by atoms with van der Waals surface area (Å²) < 4.78 is 0. The number of fused-ring (bicyclic) bond motifs is 5. The summed E-state index contributed by atoms with van der Waals surface area (Å²) in [7, 11) is 0. The topological polar surface area (TPSA) is 17.1 Å². The van der Waals surface area contributed by atoms with E-state index in [4.69, 9.17) is 0 Å². The Morgan fingerprint density at radius 1 is 0.939 bits per heavy atom. The zero-order valence-electron chi connectivity index (χ0n) is 23.4. The number of rotatable bonds is 6. The van der Waals surface area contributed by atoms with Crippen molar-refractivity contribution in [3.8, 4) is 0 Å². The molecule has 9 atom stereocenters. The van der Waals surface area contributed by atoms with Gasteiger partial charge >= 0.3 is 0 Å². The number of carbonyl (C=O) groups is 1. The Morgan fingerprint density at radius 3 is 2.27 bits per heavy atom. The molecule has 4 aliphatic carbocycles. The Hall–Kier alpha value is -0.590. The summed E-state index contributed by atoms with van der Waals surface area (Å²) in [6.45, 7) is 23.8. The molecule has 0 heterocycles.